The Morgan fingerprint density at radius 2 is 2.08 bits per heavy atom. The van der Waals surface area contributed by atoms with Crippen LogP contribution in [0.1, 0.15) is 31.0 Å². The number of hydrogen-bond acceptors (Lipinski definition) is 5. The Kier molecular flexibility index (Phi) is 4.23. The number of benzene rings is 1. The van der Waals surface area contributed by atoms with Crippen molar-refractivity contribution in [3.05, 3.63) is 53.0 Å². The van der Waals surface area contributed by atoms with Crippen LogP contribution in [0, 0.1) is 0 Å². The second-order valence-corrected chi connectivity index (χ2v) is 5.40. The number of fused-ring (bicyclic) bond motifs is 1. The van der Waals surface area contributed by atoms with Crippen LogP contribution >= 0.6 is 0 Å². The smallest absolute Gasteiger partial charge is 0.416 e. The molecule has 1 aromatic heterocycles. The van der Waals surface area contributed by atoms with Crippen molar-refractivity contribution in [2.24, 2.45) is 0 Å². The summed E-state index contributed by atoms with van der Waals surface area (Å²) >= 11 is 0. The minimum Gasteiger partial charge on any atom is -0.463 e. The molecule has 1 aliphatic heterocycles. The molecule has 0 saturated carbocycles. The van der Waals surface area contributed by atoms with Gasteiger partial charge >= 0.3 is 12.1 Å². The molecular formula is C16H15F3N4O2. The molecule has 132 valence electrons. The molecule has 1 N–H and O–H groups in total. The summed E-state index contributed by atoms with van der Waals surface area (Å²) in [5.41, 5.74) is -0.485. The van der Waals surface area contributed by atoms with Crippen LogP contribution in [-0.4, -0.2) is 27.3 Å². The standard InChI is InChI=1S/C16H15F3N4O2/c1-3-25-14(24)12-9(2)22-15-20-8-21-23(15)13(12)10-6-4-5-7-11(10)16(17,18)19/h4-8,13H,3H2,1-2H3,(H,20,21,22)/t13-/m1/s1. The van der Waals surface area contributed by atoms with E-state index < -0.39 is 23.8 Å². The number of carbonyl (C=O) groups is 1. The Bertz CT molecular complexity index is 842. The first-order valence-electron chi connectivity index (χ1n) is 7.55. The summed E-state index contributed by atoms with van der Waals surface area (Å²) in [5.74, 6) is -0.442. The fourth-order valence-corrected chi connectivity index (χ4v) is 2.85. The first-order chi connectivity index (χ1) is 11.8. The van der Waals surface area contributed by atoms with Gasteiger partial charge < -0.3 is 10.1 Å². The first-order valence-corrected chi connectivity index (χ1v) is 7.55. The van der Waals surface area contributed by atoms with Crippen molar-refractivity contribution in [2.45, 2.75) is 26.1 Å². The Balaban J connectivity index is 2.23. The average Bonchev–Trinajstić information content (AvgIpc) is 3.00. The molecule has 25 heavy (non-hydrogen) atoms. The van der Waals surface area contributed by atoms with Crippen molar-refractivity contribution in [1.29, 1.82) is 0 Å². The minimum atomic E-state index is -4.57. The zero-order chi connectivity index (χ0) is 18.2. The van der Waals surface area contributed by atoms with E-state index in [1.165, 1.54) is 29.2 Å². The molecule has 6 nitrogen and oxygen atoms in total. The second kappa shape index (κ2) is 6.23. The zero-order valence-electron chi connectivity index (χ0n) is 13.5. The fraction of sp³-hybridized carbons (Fsp3) is 0.312. The van der Waals surface area contributed by atoms with Gasteiger partial charge in [-0.15, -0.1) is 0 Å². The third-order valence-electron chi connectivity index (χ3n) is 3.85. The number of nitrogens with one attached hydrogen (secondary N) is 1. The molecule has 0 fully saturated rings. The van der Waals surface area contributed by atoms with Gasteiger partial charge in [-0.1, -0.05) is 18.2 Å². The summed E-state index contributed by atoms with van der Waals surface area (Å²) in [6, 6.07) is 4.01. The predicted octanol–water partition coefficient (Wildman–Crippen LogP) is 3.15. The molecule has 0 radical (unpaired) electrons. The van der Waals surface area contributed by atoms with E-state index in [2.05, 4.69) is 15.4 Å². The predicted molar refractivity (Wildman–Crippen MR) is 82.6 cm³/mol. The lowest BCUT2D eigenvalue weighted by Crippen LogP contribution is -2.31. The lowest BCUT2D eigenvalue weighted by Gasteiger charge is -2.29. The molecule has 3 rings (SSSR count). The molecule has 0 aliphatic carbocycles. The van der Waals surface area contributed by atoms with Gasteiger partial charge in [0.2, 0.25) is 5.95 Å². The Morgan fingerprint density at radius 1 is 1.36 bits per heavy atom. The van der Waals surface area contributed by atoms with Crippen molar-refractivity contribution in [3.8, 4) is 0 Å². The van der Waals surface area contributed by atoms with Crippen molar-refractivity contribution < 1.29 is 22.7 Å². The summed E-state index contributed by atoms with van der Waals surface area (Å²) < 4.78 is 46.8. The number of allylic oxidation sites excluding steroid dienone is 1. The topological polar surface area (TPSA) is 69.0 Å². The summed E-state index contributed by atoms with van der Waals surface area (Å²) in [4.78, 5) is 16.4. The highest BCUT2D eigenvalue weighted by Gasteiger charge is 2.41. The van der Waals surface area contributed by atoms with Gasteiger partial charge in [0.15, 0.2) is 0 Å². The SMILES string of the molecule is CCOC(=O)C1=C(C)Nc2ncnn2[C@@H]1c1ccccc1C(F)(F)F. The van der Waals surface area contributed by atoms with Gasteiger partial charge in [0, 0.05) is 5.70 Å². The van der Waals surface area contributed by atoms with Gasteiger partial charge in [0.1, 0.15) is 12.4 Å². The number of halogens is 3. The fourth-order valence-electron chi connectivity index (χ4n) is 2.85. The number of rotatable bonds is 3. The number of ether oxygens (including phenoxy) is 1. The van der Waals surface area contributed by atoms with Crippen LogP contribution in [0.15, 0.2) is 41.9 Å². The molecule has 0 bridgehead atoms. The molecule has 0 spiro atoms. The maximum Gasteiger partial charge on any atom is 0.416 e. The van der Waals surface area contributed by atoms with E-state index in [4.69, 9.17) is 4.74 Å². The molecule has 9 heteroatoms. The van der Waals surface area contributed by atoms with Crippen LogP contribution in [0.5, 0.6) is 0 Å². The van der Waals surface area contributed by atoms with Crippen molar-refractivity contribution in [2.75, 3.05) is 11.9 Å². The third kappa shape index (κ3) is 2.97. The van der Waals surface area contributed by atoms with Crippen LogP contribution < -0.4 is 5.32 Å². The lowest BCUT2D eigenvalue weighted by molar-refractivity contribution is -0.141. The largest absolute Gasteiger partial charge is 0.463 e. The van der Waals surface area contributed by atoms with E-state index in [9.17, 15) is 18.0 Å². The molecule has 2 heterocycles. The zero-order valence-corrected chi connectivity index (χ0v) is 13.5. The van der Waals surface area contributed by atoms with E-state index >= 15 is 0 Å². The van der Waals surface area contributed by atoms with Crippen LogP contribution in [0.2, 0.25) is 0 Å². The number of hydrogen-bond donors (Lipinski definition) is 1. The summed E-state index contributed by atoms with van der Waals surface area (Å²) in [7, 11) is 0. The number of anilines is 1. The van der Waals surface area contributed by atoms with Crippen molar-refractivity contribution in [3.63, 3.8) is 0 Å². The summed E-state index contributed by atoms with van der Waals surface area (Å²) in [6.07, 6.45) is -3.36. The molecule has 2 aromatic rings. The number of esters is 1. The van der Waals surface area contributed by atoms with Crippen LogP contribution in [0.4, 0.5) is 19.1 Å². The van der Waals surface area contributed by atoms with E-state index in [0.717, 1.165) is 6.07 Å². The number of nitrogens with zero attached hydrogens (tertiary/aromatic N) is 3. The van der Waals surface area contributed by atoms with E-state index in [0.29, 0.717) is 5.70 Å². The van der Waals surface area contributed by atoms with E-state index in [1.807, 2.05) is 0 Å². The molecule has 1 atom stereocenters. The summed E-state index contributed by atoms with van der Waals surface area (Å²) in [6.45, 7) is 3.32. The average molecular weight is 352 g/mol. The third-order valence-corrected chi connectivity index (χ3v) is 3.85. The highest BCUT2D eigenvalue weighted by Crippen LogP contribution is 2.41. The Morgan fingerprint density at radius 3 is 2.76 bits per heavy atom. The number of aromatic nitrogens is 3. The van der Waals surface area contributed by atoms with Crippen LogP contribution in [0.3, 0.4) is 0 Å². The van der Waals surface area contributed by atoms with Crippen molar-refractivity contribution in [1.82, 2.24) is 14.8 Å². The highest BCUT2D eigenvalue weighted by atomic mass is 19.4. The van der Waals surface area contributed by atoms with Gasteiger partial charge in [0.25, 0.3) is 0 Å². The molecular weight excluding hydrogens is 337 g/mol. The summed E-state index contributed by atoms with van der Waals surface area (Å²) in [5, 5.41) is 6.87. The molecule has 0 unspecified atom stereocenters. The molecule has 0 amide bonds. The number of alkyl halides is 3. The van der Waals surface area contributed by atoms with Crippen molar-refractivity contribution >= 4 is 11.9 Å². The van der Waals surface area contributed by atoms with E-state index in [-0.39, 0.29) is 23.7 Å². The molecule has 0 saturated heterocycles. The maximum absolute atomic E-state index is 13.5. The van der Waals surface area contributed by atoms with Gasteiger partial charge in [-0.05, 0) is 25.5 Å². The molecule has 1 aromatic carbocycles. The molecule has 1 aliphatic rings. The van der Waals surface area contributed by atoms with Gasteiger partial charge in [0.05, 0.1) is 17.7 Å². The highest BCUT2D eigenvalue weighted by molar-refractivity contribution is 5.92. The Labute approximate surface area is 141 Å². The van der Waals surface area contributed by atoms with Gasteiger partial charge in [-0.25, -0.2) is 9.48 Å². The Hall–Kier alpha value is -2.84. The van der Waals surface area contributed by atoms with Gasteiger partial charge in [-0.3, -0.25) is 0 Å². The second-order valence-electron chi connectivity index (χ2n) is 5.40. The number of carbonyl (C=O) groups excluding carboxylic acids is 1. The van der Waals surface area contributed by atoms with Gasteiger partial charge in [-0.2, -0.15) is 23.3 Å². The minimum absolute atomic E-state index is 0.0662. The maximum atomic E-state index is 13.5. The lowest BCUT2D eigenvalue weighted by atomic mass is 9.92. The monoisotopic (exact) mass is 352 g/mol. The first kappa shape index (κ1) is 17.0. The van der Waals surface area contributed by atoms with E-state index in [1.54, 1.807) is 13.8 Å². The van der Waals surface area contributed by atoms with Crippen LogP contribution in [0.25, 0.3) is 0 Å². The van der Waals surface area contributed by atoms with Crippen LogP contribution in [-0.2, 0) is 15.7 Å². The normalized spacial score (nSPS) is 17.1. The quantitative estimate of drug-likeness (QED) is 0.860.